The molecule has 2 heterocycles. The van der Waals surface area contributed by atoms with Crippen LogP contribution in [0.3, 0.4) is 0 Å². The second-order valence-corrected chi connectivity index (χ2v) is 11.4. The number of benzene rings is 2. The van der Waals surface area contributed by atoms with Gasteiger partial charge in [-0.15, -0.1) is 0 Å². The zero-order chi connectivity index (χ0) is 23.3. The maximum absolute atomic E-state index is 13.0. The monoisotopic (exact) mass is 489 g/mol. The lowest BCUT2D eigenvalue weighted by molar-refractivity contribution is -0.126. The lowest BCUT2D eigenvalue weighted by atomic mass is 9.98. The molecule has 8 heteroatoms. The molecule has 0 spiro atoms. The number of nitrogens with zero attached hydrogens (tertiary/aromatic N) is 2. The number of hydrogen-bond donors (Lipinski definition) is 1. The van der Waals surface area contributed by atoms with E-state index in [1.54, 1.807) is 12.1 Å². The third kappa shape index (κ3) is 6.35. The first-order valence-corrected chi connectivity index (χ1v) is 13.6. The molecule has 33 heavy (non-hydrogen) atoms. The Morgan fingerprint density at radius 3 is 2.45 bits per heavy atom. The fourth-order valence-corrected chi connectivity index (χ4v) is 6.33. The normalized spacial score (nSPS) is 20.5. The Morgan fingerprint density at radius 2 is 1.70 bits per heavy atom. The lowest BCUT2D eigenvalue weighted by Crippen LogP contribution is -2.45. The Bertz CT molecular complexity index is 1050. The van der Waals surface area contributed by atoms with Crippen LogP contribution in [0.5, 0.6) is 0 Å². The molecule has 6 nitrogen and oxygen atoms in total. The van der Waals surface area contributed by atoms with Crippen molar-refractivity contribution in [2.24, 2.45) is 5.92 Å². The summed E-state index contributed by atoms with van der Waals surface area (Å²) in [7, 11) is -3.64. The number of rotatable bonds is 7. The second kappa shape index (κ2) is 11.0. The van der Waals surface area contributed by atoms with Gasteiger partial charge < -0.3 is 5.32 Å². The largest absolute Gasteiger partial charge is 0.352 e. The molecule has 2 aromatic rings. The summed E-state index contributed by atoms with van der Waals surface area (Å²) < 4.78 is 27.4. The van der Waals surface area contributed by atoms with Crippen LogP contribution in [0.25, 0.3) is 0 Å². The van der Waals surface area contributed by atoms with Crippen LogP contribution in [0.4, 0.5) is 0 Å². The van der Waals surface area contributed by atoms with Gasteiger partial charge in [-0.05, 0) is 74.2 Å². The molecular weight excluding hydrogens is 458 g/mol. The average molecular weight is 490 g/mol. The van der Waals surface area contributed by atoms with Gasteiger partial charge in [0.2, 0.25) is 15.9 Å². The first-order chi connectivity index (χ1) is 15.9. The summed E-state index contributed by atoms with van der Waals surface area (Å²) in [6.45, 7) is 4.32. The number of nitrogens with one attached hydrogen (secondary N) is 1. The fourth-order valence-electron chi connectivity index (χ4n) is 4.68. The molecule has 0 saturated carbocycles. The number of halogens is 1. The van der Waals surface area contributed by atoms with Gasteiger partial charge in [0.25, 0.3) is 0 Å². The molecule has 2 aliphatic heterocycles. The number of likely N-dealkylation sites (tertiary alicyclic amines) is 1. The maximum atomic E-state index is 13.0. The van der Waals surface area contributed by atoms with Gasteiger partial charge in [0.05, 0.1) is 10.8 Å². The zero-order valence-electron chi connectivity index (χ0n) is 18.9. The molecule has 2 aliphatic rings. The van der Waals surface area contributed by atoms with Crippen LogP contribution in [-0.2, 0) is 27.9 Å². The molecule has 1 amide bonds. The van der Waals surface area contributed by atoms with Gasteiger partial charge in [-0.1, -0.05) is 42.3 Å². The number of amides is 1. The summed E-state index contributed by atoms with van der Waals surface area (Å²) in [6, 6.07) is 14.5. The van der Waals surface area contributed by atoms with Crippen LogP contribution >= 0.6 is 11.6 Å². The molecule has 0 aromatic heterocycles. The van der Waals surface area contributed by atoms with Gasteiger partial charge in [-0.2, -0.15) is 4.31 Å². The highest BCUT2D eigenvalue weighted by Gasteiger charge is 2.33. The molecule has 1 N–H and O–H groups in total. The third-order valence-corrected chi connectivity index (χ3v) is 8.65. The topological polar surface area (TPSA) is 69.7 Å². The standard InChI is InChI=1S/C25H32ClN3O3S/c26-23-9-11-24(12-10-23)33(31,32)29-15-5-8-22(19-29)25(30)27-17-20-6-4-7-21(16-20)18-28-13-2-1-3-14-28/h4,6-7,9-12,16,22H,1-3,5,8,13-15,17-19H2,(H,27,30)/t22-/m1/s1. The molecule has 178 valence electrons. The third-order valence-electron chi connectivity index (χ3n) is 6.52. The average Bonchev–Trinajstić information content (AvgIpc) is 2.84. The van der Waals surface area contributed by atoms with Crippen molar-refractivity contribution in [2.75, 3.05) is 26.2 Å². The molecule has 0 unspecified atom stereocenters. The number of piperidine rings is 2. The van der Waals surface area contributed by atoms with Gasteiger partial charge in [-0.3, -0.25) is 9.69 Å². The van der Waals surface area contributed by atoms with E-state index in [-0.39, 0.29) is 23.3 Å². The van der Waals surface area contributed by atoms with E-state index >= 15 is 0 Å². The summed E-state index contributed by atoms with van der Waals surface area (Å²) in [4.78, 5) is 15.6. The Labute approximate surface area is 202 Å². The van der Waals surface area contributed by atoms with E-state index in [9.17, 15) is 13.2 Å². The van der Waals surface area contributed by atoms with Crippen LogP contribution in [0, 0.1) is 5.92 Å². The van der Waals surface area contributed by atoms with Crippen molar-refractivity contribution in [2.45, 2.75) is 50.1 Å². The molecule has 0 bridgehead atoms. The highest BCUT2D eigenvalue weighted by Crippen LogP contribution is 2.25. The van der Waals surface area contributed by atoms with E-state index in [0.29, 0.717) is 31.0 Å². The number of sulfonamides is 1. The predicted molar refractivity (Wildman–Crippen MR) is 130 cm³/mol. The smallest absolute Gasteiger partial charge is 0.243 e. The van der Waals surface area contributed by atoms with E-state index in [0.717, 1.165) is 25.2 Å². The second-order valence-electron chi connectivity index (χ2n) is 9.03. The quantitative estimate of drug-likeness (QED) is 0.637. The van der Waals surface area contributed by atoms with Gasteiger partial charge in [-0.25, -0.2) is 8.42 Å². The van der Waals surface area contributed by atoms with Crippen molar-refractivity contribution in [3.8, 4) is 0 Å². The van der Waals surface area contributed by atoms with Gasteiger partial charge in [0, 0.05) is 31.2 Å². The SMILES string of the molecule is O=C(NCc1cccc(CN2CCCCC2)c1)[C@@H]1CCCN(S(=O)(=O)c2ccc(Cl)cc2)C1. The molecule has 2 saturated heterocycles. The Balaban J connectivity index is 1.33. The number of carbonyl (C=O) groups is 1. The molecule has 4 rings (SSSR count). The minimum absolute atomic E-state index is 0.0903. The predicted octanol–water partition coefficient (Wildman–Crippen LogP) is 4.04. The van der Waals surface area contributed by atoms with E-state index in [1.165, 1.54) is 41.3 Å². The van der Waals surface area contributed by atoms with Crippen LogP contribution in [0.15, 0.2) is 53.4 Å². The van der Waals surface area contributed by atoms with Crippen molar-refractivity contribution in [1.29, 1.82) is 0 Å². The lowest BCUT2D eigenvalue weighted by Gasteiger charge is -2.31. The molecule has 0 aliphatic carbocycles. The van der Waals surface area contributed by atoms with E-state index < -0.39 is 10.0 Å². The van der Waals surface area contributed by atoms with Gasteiger partial charge in [0.1, 0.15) is 0 Å². The fraction of sp³-hybridized carbons (Fsp3) is 0.480. The van der Waals surface area contributed by atoms with E-state index in [2.05, 4.69) is 22.3 Å². The Morgan fingerprint density at radius 1 is 0.970 bits per heavy atom. The maximum Gasteiger partial charge on any atom is 0.243 e. The van der Waals surface area contributed by atoms with Gasteiger partial charge in [0.15, 0.2) is 0 Å². The molecule has 2 fully saturated rings. The summed E-state index contributed by atoms with van der Waals surface area (Å²) >= 11 is 5.89. The first-order valence-electron chi connectivity index (χ1n) is 11.8. The number of carbonyl (C=O) groups excluding carboxylic acids is 1. The van der Waals surface area contributed by atoms with Gasteiger partial charge >= 0.3 is 0 Å². The molecular formula is C25H32ClN3O3S. The highest BCUT2D eigenvalue weighted by molar-refractivity contribution is 7.89. The highest BCUT2D eigenvalue weighted by atomic mass is 35.5. The van der Waals surface area contributed by atoms with Crippen molar-refractivity contribution in [1.82, 2.24) is 14.5 Å². The van der Waals surface area contributed by atoms with E-state index in [1.807, 2.05) is 12.1 Å². The minimum Gasteiger partial charge on any atom is -0.352 e. The first kappa shape index (κ1) is 24.2. The summed E-state index contributed by atoms with van der Waals surface area (Å²) in [5.41, 5.74) is 2.33. The van der Waals surface area contributed by atoms with Crippen LogP contribution in [0.2, 0.25) is 5.02 Å². The molecule has 2 aromatic carbocycles. The minimum atomic E-state index is -3.64. The van der Waals surface area contributed by atoms with Crippen molar-refractivity contribution >= 4 is 27.5 Å². The summed E-state index contributed by atoms with van der Waals surface area (Å²) in [6.07, 6.45) is 5.20. The molecule has 0 radical (unpaired) electrons. The van der Waals surface area contributed by atoms with Crippen molar-refractivity contribution < 1.29 is 13.2 Å². The zero-order valence-corrected chi connectivity index (χ0v) is 20.5. The Kier molecular flexibility index (Phi) is 8.07. The van der Waals surface area contributed by atoms with E-state index in [4.69, 9.17) is 11.6 Å². The van der Waals surface area contributed by atoms with Crippen LogP contribution in [0.1, 0.15) is 43.2 Å². The number of hydrogen-bond acceptors (Lipinski definition) is 4. The van der Waals surface area contributed by atoms with Crippen molar-refractivity contribution in [3.05, 3.63) is 64.7 Å². The van der Waals surface area contributed by atoms with Crippen LogP contribution in [-0.4, -0.2) is 49.7 Å². The molecule has 1 atom stereocenters. The summed E-state index contributed by atoms with van der Waals surface area (Å²) in [5.74, 6) is -0.440. The van der Waals surface area contributed by atoms with Crippen molar-refractivity contribution in [3.63, 3.8) is 0 Å². The van der Waals surface area contributed by atoms with Crippen LogP contribution < -0.4 is 5.32 Å². The summed E-state index contributed by atoms with van der Waals surface area (Å²) in [5, 5.41) is 3.52. The Hall–Kier alpha value is -1.93.